The van der Waals surface area contributed by atoms with Gasteiger partial charge < -0.3 is 15.5 Å². The van der Waals surface area contributed by atoms with Crippen molar-refractivity contribution in [1.82, 2.24) is 30.3 Å². The van der Waals surface area contributed by atoms with E-state index in [1.54, 1.807) is 12.1 Å². The van der Waals surface area contributed by atoms with Crippen LogP contribution in [0.25, 0.3) is 22.2 Å². The molecule has 4 N–H and O–H groups in total. The summed E-state index contributed by atoms with van der Waals surface area (Å²) in [6.45, 7) is 6.53. The lowest BCUT2D eigenvalue weighted by Gasteiger charge is -2.39. The third kappa shape index (κ3) is 5.43. The molecule has 4 aliphatic rings. The monoisotopic (exact) mass is 647 g/mol. The molecule has 6 heterocycles. The zero-order valence-electron chi connectivity index (χ0n) is 26.5. The average molecular weight is 648 g/mol. The number of carbonyl (C=O) groups is 4. The molecule has 4 amide bonds. The minimum Gasteiger partial charge on any atom is -0.399 e. The number of imide groups is 2. The Bertz CT molecular complexity index is 1940. The van der Waals surface area contributed by atoms with Gasteiger partial charge in [-0.25, -0.2) is 4.98 Å². The number of rotatable bonds is 6. The van der Waals surface area contributed by atoms with E-state index in [0.29, 0.717) is 22.7 Å². The highest BCUT2D eigenvalue weighted by molar-refractivity contribution is 6.23. The van der Waals surface area contributed by atoms with Gasteiger partial charge in [0.25, 0.3) is 11.8 Å². The molecule has 8 rings (SSSR count). The van der Waals surface area contributed by atoms with E-state index in [1.807, 2.05) is 36.5 Å². The number of piperazine rings is 1. The smallest absolute Gasteiger partial charge is 0.262 e. The van der Waals surface area contributed by atoms with Gasteiger partial charge in [-0.3, -0.25) is 39.4 Å². The van der Waals surface area contributed by atoms with Gasteiger partial charge in [0.15, 0.2) is 0 Å². The molecule has 13 nitrogen and oxygen atoms in total. The Morgan fingerprint density at radius 2 is 1.60 bits per heavy atom. The van der Waals surface area contributed by atoms with Gasteiger partial charge in [-0.2, -0.15) is 5.10 Å². The van der Waals surface area contributed by atoms with Crippen molar-refractivity contribution >= 4 is 51.7 Å². The molecule has 0 spiro atoms. The fourth-order valence-corrected chi connectivity index (χ4v) is 7.54. The van der Waals surface area contributed by atoms with E-state index in [2.05, 4.69) is 41.3 Å². The highest BCUT2D eigenvalue weighted by Gasteiger charge is 2.44. The van der Waals surface area contributed by atoms with Gasteiger partial charge in [0, 0.05) is 80.8 Å². The second-order valence-electron chi connectivity index (χ2n) is 13.2. The summed E-state index contributed by atoms with van der Waals surface area (Å²) in [5.74, 6) is -0.394. The third-order valence-corrected chi connectivity index (χ3v) is 10.2. The topological polar surface area (TPSA) is 161 Å². The van der Waals surface area contributed by atoms with E-state index in [-0.39, 0.29) is 18.7 Å². The summed E-state index contributed by atoms with van der Waals surface area (Å²) in [7, 11) is 0. The minimum absolute atomic E-state index is 0.103. The number of pyridine rings is 1. The number of hydrogen-bond donors (Lipinski definition) is 3. The fourth-order valence-electron chi connectivity index (χ4n) is 7.54. The van der Waals surface area contributed by atoms with Gasteiger partial charge in [-0.1, -0.05) is 0 Å². The third-order valence-electron chi connectivity index (χ3n) is 10.2. The molecule has 246 valence electrons. The van der Waals surface area contributed by atoms with Crippen LogP contribution in [0.2, 0.25) is 0 Å². The fraction of sp³-hybridized carbons (Fsp3) is 0.371. The predicted molar refractivity (Wildman–Crippen MR) is 180 cm³/mol. The molecule has 1 atom stereocenters. The Kier molecular flexibility index (Phi) is 7.55. The highest BCUT2D eigenvalue weighted by Crippen LogP contribution is 2.33. The first-order valence-corrected chi connectivity index (χ1v) is 16.6. The lowest BCUT2D eigenvalue weighted by atomic mass is 9.95. The number of nitrogens with two attached hydrogens (primary N) is 1. The molecule has 0 radical (unpaired) electrons. The molecule has 0 aliphatic carbocycles. The molecule has 2 aromatic carbocycles. The lowest BCUT2D eigenvalue weighted by molar-refractivity contribution is -0.136. The van der Waals surface area contributed by atoms with Crippen molar-refractivity contribution in [2.45, 2.75) is 31.7 Å². The number of nitrogens with one attached hydrogen (secondary N) is 2. The van der Waals surface area contributed by atoms with Crippen LogP contribution in [-0.4, -0.2) is 100 Å². The van der Waals surface area contributed by atoms with Crippen LogP contribution in [0.1, 0.15) is 46.4 Å². The average Bonchev–Trinajstić information content (AvgIpc) is 3.63. The Morgan fingerprint density at radius 1 is 0.812 bits per heavy atom. The number of hydrogen-bond acceptors (Lipinski definition) is 10. The molecule has 1 unspecified atom stereocenters. The lowest BCUT2D eigenvalue weighted by Crippen LogP contribution is -2.54. The second kappa shape index (κ2) is 12.1. The number of nitrogen functional groups attached to an aromatic ring is 1. The summed E-state index contributed by atoms with van der Waals surface area (Å²) in [6.07, 6.45) is 4.18. The first-order valence-electron chi connectivity index (χ1n) is 16.6. The first kappa shape index (κ1) is 30.1. The number of aromatic amines is 1. The van der Waals surface area contributed by atoms with E-state index < -0.39 is 23.8 Å². The molecule has 0 bridgehead atoms. The maximum Gasteiger partial charge on any atom is 0.262 e. The number of H-pyrrole nitrogens is 1. The van der Waals surface area contributed by atoms with Crippen LogP contribution in [0.15, 0.2) is 54.7 Å². The van der Waals surface area contributed by atoms with Crippen LogP contribution in [-0.2, 0) is 9.59 Å². The van der Waals surface area contributed by atoms with Crippen LogP contribution < -0.4 is 20.9 Å². The van der Waals surface area contributed by atoms with E-state index >= 15 is 0 Å². The van der Waals surface area contributed by atoms with Gasteiger partial charge in [-0.05, 0) is 73.7 Å². The molecule has 3 saturated heterocycles. The van der Waals surface area contributed by atoms with Crippen LogP contribution in [0.4, 0.5) is 17.2 Å². The van der Waals surface area contributed by atoms with Crippen molar-refractivity contribution < 1.29 is 19.2 Å². The molecule has 48 heavy (non-hydrogen) atoms. The van der Waals surface area contributed by atoms with E-state index in [0.717, 1.165) is 97.2 Å². The molecule has 3 fully saturated rings. The van der Waals surface area contributed by atoms with Crippen molar-refractivity contribution in [2.75, 3.05) is 61.3 Å². The molecular weight excluding hydrogens is 610 g/mol. The maximum absolute atomic E-state index is 13.3. The minimum atomic E-state index is -0.958. The molecule has 2 aromatic heterocycles. The number of anilines is 3. The highest BCUT2D eigenvalue weighted by atomic mass is 16.2. The van der Waals surface area contributed by atoms with Crippen LogP contribution in [0.3, 0.4) is 0 Å². The van der Waals surface area contributed by atoms with Crippen molar-refractivity contribution in [3.63, 3.8) is 0 Å². The van der Waals surface area contributed by atoms with Gasteiger partial charge in [-0.15, -0.1) is 0 Å². The molecular formula is C35H37N9O4. The summed E-state index contributed by atoms with van der Waals surface area (Å²) >= 11 is 0. The van der Waals surface area contributed by atoms with Gasteiger partial charge in [0.1, 0.15) is 17.6 Å². The molecule has 13 heteroatoms. The Hall–Kier alpha value is -5.30. The summed E-state index contributed by atoms with van der Waals surface area (Å²) in [6, 6.07) is 14.3. The van der Waals surface area contributed by atoms with Gasteiger partial charge in [0.2, 0.25) is 11.8 Å². The number of carbonyl (C=O) groups excluding carboxylic acids is 4. The number of aromatic nitrogens is 3. The summed E-state index contributed by atoms with van der Waals surface area (Å²) in [4.78, 5) is 63.2. The largest absolute Gasteiger partial charge is 0.399 e. The van der Waals surface area contributed by atoms with Crippen LogP contribution in [0.5, 0.6) is 0 Å². The summed E-state index contributed by atoms with van der Waals surface area (Å²) in [5, 5.41) is 10.9. The summed E-state index contributed by atoms with van der Waals surface area (Å²) in [5.41, 5.74) is 11.1. The quantitative estimate of drug-likeness (QED) is 0.210. The van der Waals surface area contributed by atoms with E-state index in [9.17, 15) is 19.2 Å². The predicted octanol–water partition coefficient (Wildman–Crippen LogP) is 2.65. The molecule has 4 aromatic rings. The van der Waals surface area contributed by atoms with Crippen molar-refractivity contribution in [3.8, 4) is 11.3 Å². The van der Waals surface area contributed by atoms with E-state index in [4.69, 9.17) is 5.73 Å². The van der Waals surface area contributed by atoms with Crippen LogP contribution >= 0.6 is 0 Å². The van der Waals surface area contributed by atoms with Crippen molar-refractivity contribution in [3.05, 3.63) is 65.9 Å². The zero-order chi connectivity index (χ0) is 32.9. The number of piperidine rings is 2. The number of fused-ring (bicyclic) bond motifs is 2. The van der Waals surface area contributed by atoms with E-state index in [1.165, 1.54) is 0 Å². The van der Waals surface area contributed by atoms with Gasteiger partial charge in [0.05, 0.1) is 16.6 Å². The number of benzene rings is 2. The number of amides is 4. The Morgan fingerprint density at radius 3 is 2.40 bits per heavy atom. The normalized spacial score (nSPS) is 20.9. The first-order chi connectivity index (χ1) is 23.3. The number of nitrogens with zero attached hydrogens (tertiary/aromatic N) is 6. The molecule has 0 saturated carbocycles. The SMILES string of the molecule is Nc1ccc2[nH]nc(-c3ccnc(N4CCN(CC5CCN(c6ccc7c(c6)C(=O)N(C6CCC(=O)NC6=O)C7=O)CC5)CC4)c3)c2c1. The van der Waals surface area contributed by atoms with Crippen molar-refractivity contribution in [1.29, 1.82) is 0 Å². The summed E-state index contributed by atoms with van der Waals surface area (Å²) < 4.78 is 0. The van der Waals surface area contributed by atoms with Crippen molar-refractivity contribution in [2.24, 2.45) is 5.92 Å². The Balaban J connectivity index is 0.850. The van der Waals surface area contributed by atoms with Gasteiger partial charge >= 0.3 is 0 Å². The van der Waals surface area contributed by atoms with Crippen LogP contribution in [0, 0.1) is 5.92 Å². The second-order valence-corrected chi connectivity index (χ2v) is 13.2. The molecule has 4 aliphatic heterocycles. The maximum atomic E-state index is 13.3. The standard InChI is InChI=1S/C35H37N9O4/c36-23-1-4-28-27(18-23)32(40-39-28)22-7-10-37-30(17-22)43-15-13-41(14-16-43)20-21-8-11-42(12-9-21)24-2-3-25-26(19-24)35(48)44(34(25)47)29-5-6-31(45)38-33(29)46/h1-4,7,10,17-19,21,29H,5-6,8-9,11-16,20,36H2,(H,39,40)(H,38,45,46). The Labute approximate surface area is 277 Å². The zero-order valence-corrected chi connectivity index (χ0v) is 26.5.